The molecule has 0 saturated heterocycles. The van der Waals surface area contributed by atoms with Crippen LogP contribution in [0.4, 0.5) is 0 Å². The molecular weight excluding hydrogens is 548 g/mol. The second-order valence-electron chi connectivity index (χ2n) is 17.6. The van der Waals surface area contributed by atoms with Gasteiger partial charge in [0.1, 0.15) is 0 Å². The van der Waals surface area contributed by atoms with E-state index in [0.717, 1.165) is 64.2 Å². The fraction of sp³-hybridized carbons (Fsp3) is 0.692. The number of carboxylic acid groups (broad SMARTS) is 1. The quantitative estimate of drug-likeness (QED) is 0.181. The van der Waals surface area contributed by atoms with Gasteiger partial charge in [0.15, 0.2) is 17.3 Å². The molecule has 1 aromatic carbocycles. The van der Waals surface area contributed by atoms with E-state index in [1.807, 2.05) is 0 Å². The van der Waals surface area contributed by atoms with Crippen molar-refractivity contribution in [1.82, 2.24) is 0 Å². The summed E-state index contributed by atoms with van der Waals surface area (Å²) in [5.41, 5.74) is 1.76. The number of fused-ring (bicyclic) bond motifs is 7. The number of benzene rings is 1. The van der Waals surface area contributed by atoms with Crippen molar-refractivity contribution in [1.29, 1.82) is 0 Å². The Morgan fingerprint density at radius 1 is 0.841 bits per heavy atom. The van der Waals surface area contributed by atoms with Gasteiger partial charge in [-0.25, -0.2) is 0 Å². The number of ketones is 1. The van der Waals surface area contributed by atoms with E-state index in [9.17, 15) is 24.9 Å². The predicted octanol–water partition coefficient (Wildman–Crippen LogP) is 9.18. The van der Waals surface area contributed by atoms with Gasteiger partial charge in [-0.2, -0.15) is 0 Å². The van der Waals surface area contributed by atoms with E-state index in [2.05, 4.69) is 54.5 Å². The molecule has 240 valence electrons. The first kappa shape index (κ1) is 31.4. The van der Waals surface area contributed by atoms with Crippen LogP contribution in [0.25, 0.3) is 6.08 Å². The second kappa shape index (κ2) is 9.97. The van der Waals surface area contributed by atoms with Crippen molar-refractivity contribution in [3.8, 4) is 11.5 Å². The van der Waals surface area contributed by atoms with Crippen molar-refractivity contribution >= 4 is 17.8 Å². The summed E-state index contributed by atoms with van der Waals surface area (Å²) in [6.45, 7) is 16.9. The molecule has 3 N–H and O–H groups in total. The number of carbonyl (C=O) groups is 2. The third-order valence-corrected chi connectivity index (χ3v) is 14.9. The third kappa shape index (κ3) is 4.30. The maximum Gasteiger partial charge on any atom is 0.310 e. The first-order chi connectivity index (χ1) is 20.4. The van der Waals surface area contributed by atoms with Crippen molar-refractivity contribution in [3.63, 3.8) is 0 Å². The Labute approximate surface area is 264 Å². The summed E-state index contributed by atoms with van der Waals surface area (Å²) in [7, 11) is 0. The molecule has 5 nitrogen and oxygen atoms in total. The SMILES string of the molecule is CC1(C)CCC2(C(=O)O)CCC3(C)C(=CCC4C5(C)CCC(C(=O)C=Cc6ccc(O)c(O)c6)C(C)(C)C5CCC43C)C2C1. The van der Waals surface area contributed by atoms with Gasteiger partial charge in [-0.05, 0) is 133 Å². The average molecular weight is 603 g/mol. The zero-order chi connectivity index (χ0) is 32.1. The van der Waals surface area contributed by atoms with Gasteiger partial charge in [0.2, 0.25) is 0 Å². The van der Waals surface area contributed by atoms with Crippen LogP contribution >= 0.6 is 0 Å². The summed E-state index contributed by atoms with van der Waals surface area (Å²) < 4.78 is 0. The molecule has 0 amide bonds. The Morgan fingerprint density at radius 3 is 2.23 bits per heavy atom. The predicted molar refractivity (Wildman–Crippen MR) is 174 cm³/mol. The van der Waals surface area contributed by atoms with E-state index in [1.165, 1.54) is 17.7 Å². The van der Waals surface area contributed by atoms with Gasteiger partial charge < -0.3 is 15.3 Å². The zero-order valence-corrected chi connectivity index (χ0v) is 28.0. The number of carboxylic acids is 1. The summed E-state index contributed by atoms with van der Waals surface area (Å²) in [6, 6.07) is 4.63. The van der Waals surface area contributed by atoms with E-state index >= 15 is 0 Å². The lowest BCUT2D eigenvalue weighted by Crippen LogP contribution is -2.64. The van der Waals surface area contributed by atoms with E-state index in [0.29, 0.717) is 17.4 Å². The van der Waals surface area contributed by atoms with E-state index in [4.69, 9.17) is 0 Å². The van der Waals surface area contributed by atoms with Gasteiger partial charge in [0, 0.05) is 5.92 Å². The number of hydrogen-bond acceptors (Lipinski definition) is 4. The first-order valence-electron chi connectivity index (χ1n) is 17.1. The molecule has 44 heavy (non-hydrogen) atoms. The lowest BCUT2D eigenvalue weighted by atomic mass is 9.33. The molecule has 4 saturated carbocycles. The molecule has 0 aliphatic heterocycles. The molecule has 0 radical (unpaired) electrons. The summed E-state index contributed by atoms with van der Waals surface area (Å²) in [6.07, 6.45) is 15.6. The standard InChI is InChI=1S/C39H54O5/c1-34(2)18-20-39(33(43)44)21-19-37(6)25(27(39)23-34)10-13-32-36(5)16-14-26(35(3,4)31(36)15-17-38(32,37)7)28(40)11-8-24-9-12-29(41)30(42)22-24/h8-12,22,26-27,31-32,41-42H,13-21,23H2,1-7H3,(H,43,44). The number of aliphatic carboxylic acids is 1. The van der Waals surface area contributed by atoms with E-state index in [1.54, 1.807) is 18.2 Å². The summed E-state index contributed by atoms with van der Waals surface area (Å²) in [4.78, 5) is 26.7. The monoisotopic (exact) mass is 602 g/mol. The number of aromatic hydroxyl groups is 2. The Balaban J connectivity index is 1.30. The summed E-state index contributed by atoms with van der Waals surface area (Å²) in [5.74, 6) is 0.207. The molecule has 0 bridgehead atoms. The first-order valence-corrected chi connectivity index (χ1v) is 17.1. The molecule has 6 rings (SSSR count). The molecule has 8 unspecified atom stereocenters. The fourth-order valence-electron chi connectivity index (χ4n) is 12.1. The average Bonchev–Trinajstić information content (AvgIpc) is 2.93. The van der Waals surface area contributed by atoms with Crippen LogP contribution in [0.1, 0.15) is 118 Å². The Kier molecular flexibility index (Phi) is 7.12. The molecule has 5 aliphatic carbocycles. The summed E-state index contributed by atoms with van der Waals surface area (Å²) >= 11 is 0. The molecular formula is C39H54O5. The van der Waals surface area contributed by atoms with Gasteiger partial charge in [0.05, 0.1) is 5.41 Å². The van der Waals surface area contributed by atoms with E-state index in [-0.39, 0.29) is 56.2 Å². The Morgan fingerprint density at radius 2 is 1.55 bits per heavy atom. The van der Waals surface area contributed by atoms with Crippen LogP contribution < -0.4 is 0 Å². The molecule has 5 aliphatic rings. The fourth-order valence-corrected chi connectivity index (χ4v) is 12.1. The molecule has 5 heteroatoms. The zero-order valence-electron chi connectivity index (χ0n) is 28.0. The van der Waals surface area contributed by atoms with Crippen molar-refractivity contribution in [3.05, 3.63) is 41.5 Å². The van der Waals surface area contributed by atoms with Gasteiger partial charge in [-0.1, -0.05) is 72.3 Å². The van der Waals surface area contributed by atoms with Crippen molar-refractivity contribution in [2.24, 2.45) is 56.2 Å². The smallest absolute Gasteiger partial charge is 0.310 e. The Hall–Kier alpha value is -2.56. The summed E-state index contributed by atoms with van der Waals surface area (Å²) in [5, 5.41) is 30.2. The van der Waals surface area contributed by atoms with Crippen molar-refractivity contribution in [2.45, 2.75) is 113 Å². The van der Waals surface area contributed by atoms with Crippen LogP contribution in [-0.4, -0.2) is 27.1 Å². The number of hydrogen-bond donors (Lipinski definition) is 3. The van der Waals surface area contributed by atoms with E-state index < -0.39 is 11.4 Å². The number of carbonyl (C=O) groups excluding carboxylic acids is 1. The second-order valence-corrected chi connectivity index (χ2v) is 17.6. The normalized spacial score (nSPS) is 42.3. The van der Waals surface area contributed by atoms with Gasteiger partial charge in [-0.15, -0.1) is 0 Å². The molecule has 1 aromatic rings. The van der Waals surface area contributed by atoms with Crippen LogP contribution in [0.15, 0.2) is 35.9 Å². The molecule has 8 atom stereocenters. The third-order valence-electron chi connectivity index (χ3n) is 14.9. The minimum absolute atomic E-state index is 0.00381. The minimum Gasteiger partial charge on any atom is -0.504 e. The topological polar surface area (TPSA) is 94.8 Å². The molecule has 0 aromatic heterocycles. The largest absolute Gasteiger partial charge is 0.504 e. The van der Waals surface area contributed by atoms with Crippen molar-refractivity contribution in [2.75, 3.05) is 0 Å². The lowest BCUT2D eigenvalue weighted by Gasteiger charge is -2.71. The number of phenols is 2. The van der Waals surface area contributed by atoms with Crippen LogP contribution in [-0.2, 0) is 9.59 Å². The van der Waals surface area contributed by atoms with Gasteiger partial charge >= 0.3 is 5.97 Å². The molecule has 0 spiro atoms. The highest BCUT2D eigenvalue weighted by Gasteiger charge is 2.69. The van der Waals surface area contributed by atoms with Gasteiger partial charge in [-0.3, -0.25) is 9.59 Å². The highest BCUT2D eigenvalue weighted by Crippen LogP contribution is 2.76. The van der Waals surface area contributed by atoms with Crippen LogP contribution in [0.2, 0.25) is 0 Å². The Bertz CT molecular complexity index is 1430. The lowest BCUT2D eigenvalue weighted by molar-refractivity contribution is -0.196. The van der Waals surface area contributed by atoms with Crippen LogP contribution in [0.5, 0.6) is 11.5 Å². The van der Waals surface area contributed by atoms with Crippen molar-refractivity contribution < 1.29 is 24.9 Å². The maximum absolute atomic E-state index is 13.7. The van der Waals surface area contributed by atoms with Crippen LogP contribution in [0.3, 0.4) is 0 Å². The molecule has 4 fully saturated rings. The highest BCUT2D eigenvalue weighted by atomic mass is 16.4. The minimum atomic E-state index is -0.613. The highest BCUT2D eigenvalue weighted by molar-refractivity contribution is 5.96. The van der Waals surface area contributed by atoms with Crippen LogP contribution in [0, 0.1) is 56.2 Å². The number of rotatable bonds is 4. The van der Waals surface area contributed by atoms with Gasteiger partial charge in [0.25, 0.3) is 0 Å². The maximum atomic E-state index is 13.7. The number of phenolic OH excluding ortho intramolecular Hbond substituents is 2. The molecule has 0 heterocycles. The number of allylic oxidation sites excluding steroid dienone is 3.